The van der Waals surface area contributed by atoms with Crippen molar-refractivity contribution < 1.29 is 14.3 Å². The monoisotopic (exact) mass is 230 g/mol. The molecule has 0 aliphatic carbocycles. The van der Waals surface area contributed by atoms with Crippen LogP contribution in [-0.4, -0.2) is 63.9 Å². The van der Waals surface area contributed by atoms with Crippen molar-refractivity contribution in [3.8, 4) is 0 Å². The van der Waals surface area contributed by atoms with Crippen LogP contribution in [0.4, 0.5) is 0 Å². The lowest BCUT2D eigenvalue weighted by Gasteiger charge is -2.29. The molecule has 0 saturated carbocycles. The Morgan fingerprint density at radius 2 is 2.06 bits per heavy atom. The Bertz CT molecular complexity index is 182. The number of nitrogens with one attached hydrogen (secondary N) is 1. The highest BCUT2D eigenvalue weighted by Gasteiger charge is 2.16. The average Bonchev–Trinajstić information content (AvgIpc) is 2.34. The largest absolute Gasteiger partial charge is 0.382 e. The summed E-state index contributed by atoms with van der Waals surface area (Å²) in [6, 6.07) is 0.530. The first kappa shape index (κ1) is 13.4. The molecule has 0 aromatic heterocycles. The van der Waals surface area contributed by atoms with Gasteiger partial charge in [0.2, 0.25) is 6.41 Å². The Labute approximate surface area is 97.1 Å². The molecule has 1 N–H and O–H groups in total. The highest BCUT2D eigenvalue weighted by atomic mass is 16.5. The molecule has 1 amide bonds. The fraction of sp³-hybridized carbons (Fsp3) is 0.909. The molecule has 0 bridgehead atoms. The molecular weight excluding hydrogens is 208 g/mol. The van der Waals surface area contributed by atoms with Crippen LogP contribution < -0.4 is 5.32 Å². The van der Waals surface area contributed by atoms with Crippen LogP contribution >= 0.6 is 0 Å². The first-order valence-electron chi connectivity index (χ1n) is 5.86. The molecule has 0 unspecified atom stereocenters. The van der Waals surface area contributed by atoms with Crippen molar-refractivity contribution in [3.63, 3.8) is 0 Å². The average molecular weight is 230 g/mol. The van der Waals surface area contributed by atoms with Crippen LogP contribution in [0.25, 0.3) is 0 Å². The molecule has 0 aromatic rings. The lowest BCUT2D eigenvalue weighted by molar-refractivity contribution is -0.119. The van der Waals surface area contributed by atoms with Crippen molar-refractivity contribution in [2.45, 2.75) is 18.9 Å². The third-order valence-electron chi connectivity index (χ3n) is 2.79. The zero-order valence-electron chi connectivity index (χ0n) is 9.98. The summed E-state index contributed by atoms with van der Waals surface area (Å²) in [5.41, 5.74) is 0. The van der Waals surface area contributed by atoms with E-state index in [1.165, 1.54) is 0 Å². The van der Waals surface area contributed by atoms with Crippen LogP contribution in [-0.2, 0) is 14.3 Å². The summed E-state index contributed by atoms with van der Waals surface area (Å²) >= 11 is 0. The number of carbonyl (C=O) groups excluding carboxylic acids is 1. The van der Waals surface area contributed by atoms with Crippen LogP contribution in [0.2, 0.25) is 0 Å². The second kappa shape index (κ2) is 8.50. The van der Waals surface area contributed by atoms with Gasteiger partial charge in [-0.1, -0.05) is 0 Å². The van der Waals surface area contributed by atoms with Gasteiger partial charge in [-0.15, -0.1) is 0 Å². The number of likely N-dealkylation sites (tertiary alicyclic amines) is 1. The minimum absolute atomic E-state index is 0.530. The van der Waals surface area contributed by atoms with Gasteiger partial charge in [-0.2, -0.15) is 0 Å². The number of ether oxygens (including phenoxy) is 2. The van der Waals surface area contributed by atoms with E-state index in [0.29, 0.717) is 19.3 Å². The number of amides is 1. The summed E-state index contributed by atoms with van der Waals surface area (Å²) in [5, 5.41) is 3.43. The van der Waals surface area contributed by atoms with E-state index in [2.05, 4.69) is 5.32 Å². The standard InChI is InChI=1S/C11H22N2O3/c1-15-8-9-16-7-4-12-11-2-5-13(10-14)6-3-11/h10-12H,2-9H2,1H3. The minimum Gasteiger partial charge on any atom is -0.382 e. The Kier molecular flexibility index (Phi) is 7.12. The molecule has 1 rings (SSSR count). The SMILES string of the molecule is COCCOCCNC1CCN(C=O)CC1. The molecule has 0 radical (unpaired) electrons. The Morgan fingerprint density at radius 3 is 2.69 bits per heavy atom. The molecule has 0 spiro atoms. The molecule has 0 aromatic carbocycles. The maximum absolute atomic E-state index is 10.5. The highest BCUT2D eigenvalue weighted by molar-refractivity contribution is 5.47. The third-order valence-corrected chi connectivity index (χ3v) is 2.79. The molecular formula is C11H22N2O3. The van der Waals surface area contributed by atoms with Gasteiger partial charge in [0.05, 0.1) is 19.8 Å². The van der Waals surface area contributed by atoms with E-state index >= 15 is 0 Å². The predicted molar refractivity (Wildman–Crippen MR) is 61.4 cm³/mol. The molecule has 1 aliphatic rings. The second-order valence-electron chi connectivity index (χ2n) is 3.97. The highest BCUT2D eigenvalue weighted by Crippen LogP contribution is 2.07. The third kappa shape index (κ3) is 5.44. The van der Waals surface area contributed by atoms with Crippen molar-refractivity contribution in [1.82, 2.24) is 10.2 Å². The zero-order valence-corrected chi connectivity index (χ0v) is 9.98. The van der Waals surface area contributed by atoms with E-state index < -0.39 is 0 Å². The fourth-order valence-electron chi connectivity index (χ4n) is 1.79. The number of rotatable bonds is 8. The first-order valence-corrected chi connectivity index (χ1v) is 5.86. The van der Waals surface area contributed by atoms with E-state index in [0.717, 1.165) is 45.5 Å². The van der Waals surface area contributed by atoms with Crippen molar-refractivity contribution in [2.24, 2.45) is 0 Å². The van der Waals surface area contributed by atoms with Crippen LogP contribution in [0.3, 0.4) is 0 Å². The number of methoxy groups -OCH3 is 1. The number of hydrogen-bond acceptors (Lipinski definition) is 4. The van der Waals surface area contributed by atoms with Gasteiger partial charge in [-0.05, 0) is 12.8 Å². The van der Waals surface area contributed by atoms with Gasteiger partial charge in [-0.25, -0.2) is 0 Å². The first-order chi connectivity index (χ1) is 7.86. The number of hydrogen-bond donors (Lipinski definition) is 1. The van der Waals surface area contributed by atoms with Gasteiger partial charge >= 0.3 is 0 Å². The molecule has 5 heteroatoms. The summed E-state index contributed by atoms with van der Waals surface area (Å²) in [6.07, 6.45) is 3.01. The summed E-state index contributed by atoms with van der Waals surface area (Å²) in [6.45, 7) is 4.63. The van der Waals surface area contributed by atoms with Gasteiger partial charge in [0.1, 0.15) is 0 Å². The number of piperidine rings is 1. The Hall–Kier alpha value is -0.650. The van der Waals surface area contributed by atoms with Gasteiger partial charge in [0.25, 0.3) is 0 Å². The van der Waals surface area contributed by atoms with E-state index in [9.17, 15) is 4.79 Å². The number of nitrogens with zero attached hydrogens (tertiary/aromatic N) is 1. The smallest absolute Gasteiger partial charge is 0.209 e. The zero-order chi connectivity index (χ0) is 11.6. The molecule has 94 valence electrons. The van der Waals surface area contributed by atoms with Crippen molar-refractivity contribution in [3.05, 3.63) is 0 Å². The van der Waals surface area contributed by atoms with Gasteiger partial charge in [0.15, 0.2) is 0 Å². The molecule has 16 heavy (non-hydrogen) atoms. The summed E-state index contributed by atoms with van der Waals surface area (Å²) < 4.78 is 10.2. The molecule has 1 heterocycles. The molecule has 0 atom stereocenters. The molecule has 1 fully saturated rings. The summed E-state index contributed by atoms with van der Waals surface area (Å²) in [5.74, 6) is 0. The van der Waals surface area contributed by atoms with E-state index in [4.69, 9.17) is 9.47 Å². The summed E-state index contributed by atoms with van der Waals surface area (Å²) in [4.78, 5) is 12.3. The maximum atomic E-state index is 10.5. The van der Waals surface area contributed by atoms with Crippen LogP contribution in [0.15, 0.2) is 0 Å². The summed E-state index contributed by atoms with van der Waals surface area (Å²) in [7, 11) is 1.67. The minimum atomic E-state index is 0.530. The van der Waals surface area contributed by atoms with Crippen LogP contribution in [0.1, 0.15) is 12.8 Å². The van der Waals surface area contributed by atoms with E-state index in [1.54, 1.807) is 7.11 Å². The normalized spacial score (nSPS) is 17.7. The molecule has 5 nitrogen and oxygen atoms in total. The van der Waals surface area contributed by atoms with E-state index in [1.807, 2.05) is 4.90 Å². The molecule has 1 saturated heterocycles. The quantitative estimate of drug-likeness (QED) is 0.466. The topological polar surface area (TPSA) is 50.8 Å². The van der Waals surface area contributed by atoms with Crippen LogP contribution in [0.5, 0.6) is 0 Å². The fourth-order valence-corrected chi connectivity index (χ4v) is 1.79. The molecule has 1 aliphatic heterocycles. The Morgan fingerprint density at radius 1 is 1.31 bits per heavy atom. The number of carbonyl (C=O) groups is 1. The maximum Gasteiger partial charge on any atom is 0.209 e. The Balaban J connectivity index is 1.92. The van der Waals surface area contributed by atoms with Gasteiger partial charge in [0, 0.05) is 32.8 Å². The van der Waals surface area contributed by atoms with Crippen LogP contribution in [0, 0.1) is 0 Å². The lowest BCUT2D eigenvalue weighted by Crippen LogP contribution is -2.42. The van der Waals surface area contributed by atoms with Gasteiger partial charge in [-0.3, -0.25) is 4.79 Å². The van der Waals surface area contributed by atoms with Crippen molar-refractivity contribution in [1.29, 1.82) is 0 Å². The predicted octanol–water partition coefficient (Wildman–Crippen LogP) is -0.140. The lowest BCUT2D eigenvalue weighted by atomic mass is 10.1. The van der Waals surface area contributed by atoms with Crippen molar-refractivity contribution in [2.75, 3.05) is 46.6 Å². The van der Waals surface area contributed by atoms with Crippen molar-refractivity contribution >= 4 is 6.41 Å². The van der Waals surface area contributed by atoms with Gasteiger partial charge < -0.3 is 19.7 Å². The van der Waals surface area contributed by atoms with E-state index in [-0.39, 0.29) is 0 Å². The second-order valence-corrected chi connectivity index (χ2v) is 3.97.